The average Bonchev–Trinajstić information content (AvgIpc) is 3.05. The summed E-state index contributed by atoms with van der Waals surface area (Å²) in [6, 6.07) is 12.3. The van der Waals surface area contributed by atoms with Crippen LogP contribution in [-0.4, -0.2) is 59.7 Å². The van der Waals surface area contributed by atoms with Crippen LogP contribution in [0.3, 0.4) is 0 Å². The van der Waals surface area contributed by atoms with E-state index in [1.807, 2.05) is 32.9 Å². The molecule has 0 saturated carbocycles. The van der Waals surface area contributed by atoms with Gasteiger partial charge >= 0.3 is 17.8 Å². The molecule has 3 atom stereocenters. The summed E-state index contributed by atoms with van der Waals surface area (Å²) in [5.74, 6) is -13.1. The van der Waals surface area contributed by atoms with Gasteiger partial charge in [0.05, 0.1) is 18.4 Å². The molecule has 1 unspecified atom stereocenters. The van der Waals surface area contributed by atoms with Gasteiger partial charge in [0.15, 0.2) is 17.4 Å². The number of aliphatic hydroxyl groups is 1. The van der Waals surface area contributed by atoms with Crippen molar-refractivity contribution < 1.29 is 51.3 Å². The van der Waals surface area contributed by atoms with Crippen molar-refractivity contribution in [1.82, 2.24) is 5.32 Å². The number of esters is 1. The van der Waals surface area contributed by atoms with Gasteiger partial charge in [0, 0.05) is 24.0 Å². The topological polar surface area (TPSA) is 134 Å². The van der Waals surface area contributed by atoms with E-state index in [9.17, 15) is 41.8 Å². The predicted molar refractivity (Wildman–Crippen MR) is 180 cm³/mol. The van der Waals surface area contributed by atoms with E-state index < -0.39 is 89.4 Å². The molecule has 10 nitrogen and oxygen atoms in total. The van der Waals surface area contributed by atoms with Crippen LogP contribution >= 0.6 is 0 Å². The van der Waals surface area contributed by atoms with Crippen molar-refractivity contribution in [2.24, 2.45) is 5.92 Å². The second kappa shape index (κ2) is 15.5. The Morgan fingerprint density at radius 2 is 1.53 bits per heavy atom. The first-order chi connectivity index (χ1) is 23.8. The van der Waals surface area contributed by atoms with Gasteiger partial charge in [-0.15, -0.1) is 0 Å². The fourth-order valence-corrected chi connectivity index (χ4v) is 5.62. The van der Waals surface area contributed by atoms with E-state index in [0.29, 0.717) is 16.9 Å². The summed E-state index contributed by atoms with van der Waals surface area (Å²) in [5, 5.41) is 16.2. The van der Waals surface area contributed by atoms with Gasteiger partial charge in [0.2, 0.25) is 17.5 Å². The van der Waals surface area contributed by atoms with Gasteiger partial charge < -0.3 is 30.1 Å². The lowest BCUT2D eigenvalue weighted by Gasteiger charge is -2.35. The Balaban J connectivity index is 1.56. The number of amides is 3. The summed E-state index contributed by atoms with van der Waals surface area (Å²) in [5.41, 5.74) is 0.914. The molecule has 3 aromatic rings. The van der Waals surface area contributed by atoms with Gasteiger partial charge in [-0.25, -0.2) is 8.78 Å². The summed E-state index contributed by atoms with van der Waals surface area (Å²) < 4.78 is 66.1. The van der Waals surface area contributed by atoms with Crippen LogP contribution in [-0.2, 0) is 35.8 Å². The normalized spacial score (nSPS) is 15.7. The maximum absolute atomic E-state index is 14.2. The van der Waals surface area contributed by atoms with Crippen LogP contribution < -0.4 is 20.3 Å². The molecule has 3 amide bonds. The van der Waals surface area contributed by atoms with Crippen molar-refractivity contribution in [1.29, 1.82) is 0 Å². The van der Waals surface area contributed by atoms with Crippen LogP contribution in [0.1, 0.15) is 59.1 Å². The highest BCUT2D eigenvalue weighted by atomic mass is 19.2. The number of aliphatic hydroxyl groups excluding tert-OH is 1. The Bertz CT molecular complexity index is 1780. The molecule has 1 heterocycles. The highest BCUT2D eigenvalue weighted by Crippen LogP contribution is 2.32. The van der Waals surface area contributed by atoms with E-state index in [-0.39, 0.29) is 24.4 Å². The molecule has 3 aromatic carbocycles. The minimum atomic E-state index is -1.85. The third-order valence-electron chi connectivity index (χ3n) is 8.01. The van der Waals surface area contributed by atoms with Gasteiger partial charge in [-0.3, -0.25) is 19.2 Å². The van der Waals surface area contributed by atoms with Gasteiger partial charge in [-0.2, -0.15) is 8.78 Å². The van der Waals surface area contributed by atoms with E-state index in [0.717, 1.165) is 5.56 Å². The molecule has 1 aliphatic heterocycles. The quantitative estimate of drug-likeness (QED) is 0.118. The number of hydrogen-bond acceptors (Lipinski definition) is 7. The number of nitrogens with zero attached hydrogens (tertiary/aromatic N) is 1. The van der Waals surface area contributed by atoms with E-state index >= 15 is 0 Å². The number of anilines is 2. The number of fused-ring (bicyclic) bond motifs is 1. The first-order valence-corrected chi connectivity index (χ1v) is 16.2. The average molecular weight is 716 g/mol. The zero-order chi connectivity index (χ0) is 37.8. The second-order valence-corrected chi connectivity index (χ2v) is 14.3. The Morgan fingerprint density at radius 3 is 2.16 bits per heavy atom. The first kappa shape index (κ1) is 38.8. The number of hydrogen-bond donors (Lipinski definition) is 3. The number of halogens is 4. The zero-order valence-electron chi connectivity index (χ0n) is 29.1. The van der Waals surface area contributed by atoms with Crippen molar-refractivity contribution >= 4 is 35.1 Å². The molecular weight excluding hydrogens is 674 g/mol. The molecule has 0 fully saturated rings. The van der Waals surface area contributed by atoms with Crippen LogP contribution in [0.2, 0.25) is 0 Å². The van der Waals surface area contributed by atoms with Gasteiger partial charge in [0.1, 0.15) is 18.3 Å². The fraction of sp³-hybridized carbons (Fsp3) is 0.405. The number of carbonyl (C=O) groups excluding carboxylic acids is 4. The molecular formula is C37H41F4N3O7. The lowest BCUT2D eigenvalue weighted by Crippen LogP contribution is -2.53. The number of carbonyl (C=O) groups is 4. The maximum Gasteiger partial charge on any atom is 0.316 e. The molecule has 51 heavy (non-hydrogen) atoms. The molecule has 0 spiro atoms. The Morgan fingerprint density at radius 1 is 0.922 bits per heavy atom. The monoisotopic (exact) mass is 715 g/mol. The van der Waals surface area contributed by atoms with Crippen molar-refractivity contribution in [2.75, 3.05) is 23.4 Å². The van der Waals surface area contributed by atoms with Crippen molar-refractivity contribution in [2.45, 2.75) is 77.5 Å². The second-order valence-electron chi connectivity index (χ2n) is 14.3. The lowest BCUT2D eigenvalue weighted by atomic mass is 9.86. The molecule has 1 aliphatic rings. The third-order valence-corrected chi connectivity index (χ3v) is 8.01. The maximum atomic E-state index is 14.2. The number of nitrogens with one attached hydrogen (secondary N) is 2. The molecule has 0 radical (unpaired) electrons. The van der Waals surface area contributed by atoms with Gasteiger partial charge in [-0.05, 0) is 55.9 Å². The Kier molecular flexibility index (Phi) is 11.8. The number of rotatable bonds is 9. The summed E-state index contributed by atoms with van der Waals surface area (Å²) in [6.07, 6.45) is -2.39. The van der Waals surface area contributed by atoms with Crippen LogP contribution in [0.5, 0.6) is 5.75 Å². The van der Waals surface area contributed by atoms with E-state index in [2.05, 4.69) is 10.6 Å². The van der Waals surface area contributed by atoms with Crippen molar-refractivity contribution in [3.05, 3.63) is 89.0 Å². The molecule has 0 aromatic heterocycles. The Hall–Kier alpha value is -4.98. The number of benzene rings is 3. The summed E-state index contributed by atoms with van der Waals surface area (Å²) >= 11 is 0. The summed E-state index contributed by atoms with van der Waals surface area (Å²) in [4.78, 5) is 54.8. The van der Waals surface area contributed by atoms with Crippen molar-refractivity contribution in [3.63, 3.8) is 0 Å². The molecule has 14 heteroatoms. The number of ether oxygens (including phenoxy) is 2. The molecule has 0 aliphatic carbocycles. The minimum Gasteiger partial charge on any atom is -0.485 e. The summed E-state index contributed by atoms with van der Waals surface area (Å²) in [6.45, 7) is 9.38. The minimum absolute atomic E-state index is 0.00965. The zero-order valence-corrected chi connectivity index (χ0v) is 29.1. The standard InChI is InChI=1S/C37H41F4N3O7/c1-36(2,3)22-12-8-9-13-25(22)42-34(48)35(49)44-18-21(15-20-11-7-10-14-27(20)44)33(47)43-26(17-29(46)51-37(4,5)6)28(45)19-50-32-30(40)23(38)16-24(39)31(32)41/h7-14,16,21,26,28,45H,15,17-19H2,1-6H3,(H,42,48)(H,43,47)/t21-,26-,28?/m0/s1. The van der Waals surface area contributed by atoms with E-state index in [1.165, 1.54) is 4.90 Å². The molecule has 0 bridgehead atoms. The van der Waals surface area contributed by atoms with Gasteiger partial charge in [-0.1, -0.05) is 57.2 Å². The van der Waals surface area contributed by atoms with Crippen LogP contribution in [0, 0.1) is 29.2 Å². The smallest absolute Gasteiger partial charge is 0.316 e. The summed E-state index contributed by atoms with van der Waals surface area (Å²) in [7, 11) is 0. The third kappa shape index (κ3) is 9.63. The van der Waals surface area contributed by atoms with Crippen LogP contribution in [0.25, 0.3) is 0 Å². The van der Waals surface area contributed by atoms with E-state index in [1.54, 1.807) is 57.2 Å². The SMILES string of the molecule is CC(C)(C)OC(=O)C[C@H](NC(=O)[C@H]1Cc2ccccc2N(C(=O)C(=O)Nc2ccccc2C(C)(C)C)C1)C(O)COc1c(F)c(F)cc(F)c1F. The van der Waals surface area contributed by atoms with Crippen molar-refractivity contribution in [3.8, 4) is 5.75 Å². The molecule has 274 valence electrons. The fourth-order valence-electron chi connectivity index (χ4n) is 5.62. The largest absolute Gasteiger partial charge is 0.485 e. The number of para-hydroxylation sites is 2. The van der Waals surface area contributed by atoms with Gasteiger partial charge in [0.25, 0.3) is 0 Å². The molecule has 4 rings (SSSR count). The predicted octanol–water partition coefficient (Wildman–Crippen LogP) is 5.34. The molecule has 0 saturated heterocycles. The first-order valence-electron chi connectivity index (χ1n) is 16.2. The van der Waals surface area contributed by atoms with Crippen LogP contribution in [0.4, 0.5) is 28.9 Å². The lowest BCUT2D eigenvalue weighted by molar-refractivity contribution is -0.156. The molecule has 3 N–H and O–H groups in total. The highest BCUT2D eigenvalue weighted by Gasteiger charge is 2.37. The highest BCUT2D eigenvalue weighted by molar-refractivity contribution is 6.44. The Labute approximate surface area is 293 Å². The van der Waals surface area contributed by atoms with E-state index in [4.69, 9.17) is 9.47 Å². The van der Waals surface area contributed by atoms with Crippen LogP contribution in [0.15, 0.2) is 54.6 Å².